The van der Waals surface area contributed by atoms with E-state index in [9.17, 15) is 23.7 Å². The highest BCUT2D eigenvalue weighted by atomic mass is 19.1. The molecule has 2 aromatic rings. The van der Waals surface area contributed by atoms with Gasteiger partial charge in [0.1, 0.15) is 17.2 Å². The maximum Gasteiger partial charge on any atom is 0.364 e. The summed E-state index contributed by atoms with van der Waals surface area (Å²) in [4.78, 5) is 22.8. The standard InChI is InChI=1S/C15H15F2N3O4/c1-3-5-11-13(20(22)23)14(15(21)24-4-2)19(18-11)12-7-6-9(16)8-10(12)17/h6-8H,3-5H2,1-2H3. The van der Waals surface area contributed by atoms with E-state index in [0.29, 0.717) is 12.5 Å². The Morgan fingerprint density at radius 3 is 2.62 bits per heavy atom. The number of carbonyl (C=O) groups is 1. The molecule has 0 amide bonds. The van der Waals surface area contributed by atoms with Crippen molar-refractivity contribution in [3.05, 3.63) is 51.3 Å². The van der Waals surface area contributed by atoms with Crippen molar-refractivity contribution >= 4 is 11.7 Å². The van der Waals surface area contributed by atoms with E-state index in [1.54, 1.807) is 6.92 Å². The molecule has 0 N–H and O–H groups in total. The Morgan fingerprint density at radius 2 is 2.08 bits per heavy atom. The van der Waals surface area contributed by atoms with Gasteiger partial charge in [-0.25, -0.2) is 18.3 Å². The van der Waals surface area contributed by atoms with Crippen molar-refractivity contribution in [3.63, 3.8) is 0 Å². The minimum absolute atomic E-state index is 0.0177. The van der Waals surface area contributed by atoms with E-state index in [1.807, 2.05) is 0 Å². The number of aromatic nitrogens is 2. The average molecular weight is 339 g/mol. The molecule has 0 fully saturated rings. The second kappa shape index (κ2) is 7.16. The monoisotopic (exact) mass is 339 g/mol. The predicted molar refractivity (Wildman–Crippen MR) is 80.1 cm³/mol. The molecule has 0 aliphatic rings. The molecule has 128 valence electrons. The summed E-state index contributed by atoms with van der Waals surface area (Å²) in [5.74, 6) is -2.81. The molecule has 0 saturated carbocycles. The number of benzene rings is 1. The highest BCUT2D eigenvalue weighted by Crippen LogP contribution is 2.29. The molecular weight excluding hydrogens is 324 g/mol. The lowest BCUT2D eigenvalue weighted by molar-refractivity contribution is -0.386. The first kappa shape index (κ1) is 17.5. The molecule has 0 unspecified atom stereocenters. The van der Waals surface area contributed by atoms with Crippen LogP contribution in [-0.4, -0.2) is 27.3 Å². The number of halogens is 2. The minimum atomic E-state index is -0.999. The summed E-state index contributed by atoms with van der Waals surface area (Å²) in [5, 5.41) is 15.4. The predicted octanol–water partition coefficient (Wildman–Crippen LogP) is 3.19. The molecule has 9 heteroatoms. The highest BCUT2D eigenvalue weighted by Gasteiger charge is 2.34. The lowest BCUT2D eigenvalue weighted by Crippen LogP contribution is -2.14. The quantitative estimate of drug-likeness (QED) is 0.458. The van der Waals surface area contributed by atoms with Crippen molar-refractivity contribution in [1.29, 1.82) is 0 Å². The minimum Gasteiger partial charge on any atom is -0.461 e. The van der Waals surface area contributed by atoms with Gasteiger partial charge < -0.3 is 4.74 Å². The highest BCUT2D eigenvalue weighted by molar-refractivity contribution is 5.93. The number of hydrogen-bond acceptors (Lipinski definition) is 5. The molecule has 0 aliphatic carbocycles. The molecular formula is C15H15F2N3O4. The molecule has 1 aromatic heterocycles. The van der Waals surface area contributed by atoms with E-state index >= 15 is 0 Å². The molecule has 0 spiro atoms. The van der Waals surface area contributed by atoms with Crippen LogP contribution in [0.5, 0.6) is 0 Å². The number of nitro groups is 1. The summed E-state index contributed by atoms with van der Waals surface area (Å²) in [6.45, 7) is 3.30. The van der Waals surface area contributed by atoms with Crippen LogP contribution >= 0.6 is 0 Å². The summed E-state index contributed by atoms with van der Waals surface area (Å²) in [7, 11) is 0. The van der Waals surface area contributed by atoms with Gasteiger partial charge in [-0.2, -0.15) is 5.10 Å². The van der Waals surface area contributed by atoms with Crippen LogP contribution in [0.1, 0.15) is 36.5 Å². The van der Waals surface area contributed by atoms with E-state index in [0.717, 1.165) is 16.8 Å². The molecule has 1 heterocycles. The van der Waals surface area contributed by atoms with Crippen LogP contribution in [0.15, 0.2) is 18.2 Å². The first-order chi connectivity index (χ1) is 11.4. The fourth-order valence-corrected chi connectivity index (χ4v) is 2.26. The largest absolute Gasteiger partial charge is 0.461 e. The second-order valence-electron chi connectivity index (χ2n) is 4.88. The summed E-state index contributed by atoms with van der Waals surface area (Å²) in [6.07, 6.45) is 0.755. The van der Waals surface area contributed by atoms with Crippen molar-refractivity contribution in [2.24, 2.45) is 0 Å². The van der Waals surface area contributed by atoms with Gasteiger partial charge in [0.25, 0.3) is 0 Å². The number of esters is 1. The summed E-state index contributed by atoms with van der Waals surface area (Å²) in [5.41, 5.74) is -1.26. The van der Waals surface area contributed by atoms with E-state index in [2.05, 4.69) is 5.10 Å². The van der Waals surface area contributed by atoms with E-state index in [4.69, 9.17) is 4.74 Å². The van der Waals surface area contributed by atoms with E-state index in [1.165, 1.54) is 6.92 Å². The number of carbonyl (C=O) groups excluding carboxylic acids is 1. The normalized spacial score (nSPS) is 10.7. The molecule has 0 saturated heterocycles. The molecule has 0 bridgehead atoms. The molecule has 24 heavy (non-hydrogen) atoms. The van der Waals surface area contributed by atoms with Crippen molar-refractivity contribution < 1.29 is 23.2 Å². The zero-order valence-corrected chi connectivity index (χ0v) is 13.1. The van der Waals surface area contributed by atoms with Crippen molar-refractivity contribution in [2.45, 2.75) is 26.7 Å². The Balaban J connectivity index is 2.75. The van der Waals surface area contributed by atoms with Gasteiger partial charge in [0, 0.05) is 6.07 Å². The second-order valence-corrected chi connectivity index (χ2v) is 4.88. The SMILES string of the molecule is CCCc1nn(-c2ccc(F)cc2F)c(C(=O)OCC)c1[N+](=O)[O-]. The number of rotatable bonds is 6. The molecule has 0 aliphatic heterocycles. The maximum atomic E-state index is 14.1. The smallest absolute Gasteiger partial charge is 0.364 e. The van der Waals surface area contributed by atoms with Crippen LogP contribution in [0.3, 0.4) is 0 Å². The third-order valence-corrected chi connectivity index (χ3v) is 3.21. The van der Waals surface area contributed by atoms with Crippen LogP contribution in [0.25, 0.3) is 5.69 Å². The Labute approximate surface area is 136 Å². The number of ether oxygens (including phenoxy) is 1. The molecule has 1 aromatic carbocycles. The molecule has 0 radical (unpaired) electrons. The van der Waals surface area contributed by atoms with Crippen molar-refractivity contribution in [1.82, 2.24) is 9.78 Å². The Kier molecular flexibility index (Phi) is 5.22. The zero-order valence-electron chi connectivity index (χ0n) is 13.1. The summed E-state index contributed by atoms with van der Waals surface area (Å²) in [6, 6.07) is 2.64. The fraction of sp³-hybridized carbons (Fsp3) is 0.333. The number of hydrogen-bond donors (Lipinski definition) is 0. The summed E-state index contributed by atoms with van der Waals surface area (Å²) < 4.78 is 32.8. The molecule has 2 rings (SSSR count). The third kappa shape index (κ3) is 3.24. The van der Waals surface area contributed by atoms with Gasteiger partial charge in [0.15, 0.2) is 5.82 Å². The van der Waals surface area contributed by atoms with Gasteiger partial charge >= 0.3 is 11.7 Å². The Hall–Kier alpha value is -2.84. The van der Waals surface area contributed by atoms with E-state index < -0.39 is 33.9 Å². The lowest BCUT2D eigenvalue weighted by Gasteiger charge is -2.07. The van der Waals surface area contributed by atoms with Crippen molar-refractivity contribution in [3.8, 4) is 5.69 Å². The molecule has 0 atom stereocenters. The van der Waals surface area contributed by atoms with Gasteiger partial charge in [-0.05, 0) is 25.5 Å². The first-order valence-corrected chi connectivity index (χ1v) is 7.29. The van der Waals surface area contributed by atoms with Gasteiger partial charge in [-0.1, -0.05) is 13.3 Å². The number of nitrogens with zero attached hydrogens (tertiary/aromatic N) is 3. The van der Waals surface area contributed by atoms with Crippen LogP contribution in [0, 0.1) is 21.7 Å². The van der Waals surface area contributed by atoms with Gasteiger partial charge in [-0.3, -0.25) is 10.1 Å². The maximum absolute atomic E-state index is 14.1. The third-order valence-electron chi connectivity index (χ3n) is 3.21. The Bertz CT molecular complexity index is 789. The zero-order chi connectivity index (χ0) is 17.9. The van der Waals surface area contributed by atoms with Crippen molar-refractivity contribution in [2.75, 3.05) is 6.61 Å². The summed E-state index contributed by atoms with van der Waals surface area (Å²) >= 11 is 0. The lowest BCUT2D eigenvalue weighted by atomic mass is 10.2. The van der Waals surface area contributed by atoms with Gasteiger partial charge in [0.2, 0.25) is 5.69 Å². The Morgan fingerprint density at radius 1 is 1.38 bits per heavy atom. The van der Waals surface area contributed by atoms with Gasteiger partial charge in [-0.15, -0.1) is 0 Å². The van der Waals surface area contributed by atoms with Crippen LogP contribution < -0.4 is 0 Å². The number of aryl methyl sites for hydroxylation is 1. The van der Waals surface area contributed by atoms with Crippen LogP contribution in [-0.2, 0) is 11.2 Å². The first-order valence-electron chi connectivity index (χ1n) is 7.29. The fourth-order valence-electron chi connectivity index (χ4n) is 2.26. The topological polar surface area (TPSA) is 87.3 Å². The van der Waals surface area contributed by atoms with Crippen LogP contribution in [0.4, 0.5) is 14.5 Å². The average Bonchev–Trinajstić information content (AvgIpc) is 2.87. The van der Waals surface area contributed by atoms with Crippen LogP contribution in [0.2, 0.25) is 0 Å². The van der Waals surface area contributed by atoms with E-state index in [-0.39, 0.29) is 24.4 Å². The molecule has 7 nitrogen and oxygen atoms in total. The van der Waals surface area contributed by atoms with Gasteiger partial charge in [0.05, 0.1) is 11.5 Å².